The van der Waals surface area contributed by atoms with Crippen LogP contribution in [-0.4, -0.2) is 46.1 Å². The first kappa shape index (κ1) is 25.8. The number of nitrogens with zero attached hydrogens (tertiary/aromatic N) is 1. The van der Waals surface area contributed by atoms with E-state index in [0.717, 1.165) is 12.0 Å². The summed E-state index contributed by atoms with van der Waals surface area (Å²) in [6.07, 6.45) is 9.43. The Bertz CT molecular complexity index is 851. The largest absolute Gasteiger partial charge is 0.493 e. The van der Waals surface area contributed by atoms with Gasteiger partial charge in [0.2, 0.25) is 11.6 Å². The van der Waals surface area contributed by atoms with Gasteiger partial charge in [-0.2, -0.15) is 5.06 Å². The molecular formula is C26H37NO5. The average molecular weight is 444 g/mol. The van der Waals surface area contributed by atoms with Crippen LogP contribution < -0.4 is 9.47 Å². The van der Waals surface area contributed by atoms with Gasteiger partial charge in [0.1, 0.15) is 6.10 Å². The highest BCUT2D eigenvalue weighted by atomic mass is 16.5. The third-order valence-corrected chi connectivity index (χ3v) is 5.71. The van der Waals surface area contributed by atoms with Crippen LogP contribution in [0.5, 0.6) is 11.5 Å². The van der Waals surface area contributed by atoms with Crippen LogP contribution in [0.1, 0.15) is 72.3 Å². The second-order valence-corrected chi connectivity index (χ2v) is 9.53. The van der Waals surface area contributed by atoms with Crippen LogP contribution in [0.3, 0.4) is 0 Å². The monoisotopic (exact) mass is 443 g/mol. The first-order chi connectivity index (χ1) is 15.0. The van der Waals surface area contributed by atoms with Crippen molar-refractivity contribution in [3.05, 3.63) is 42.0 Å². The van der Waals surface area contributed by atoms with Gasteiger partial charge in [0.15, 0.2) is 11.5 Å². The second kappa shape index (κ2) is 10.9. The summed E-state index contributed by atoms with van der Waals surface area (Å²) in [5.41, 5.74) is 0.0114. The second-order valence-electron chi connectivity index (χ2n) is 9.53. The van der Waals surface area contributed by atoms with Crippen LogP contribution in [-0.2, 0) is 9.59 Å². The van der Waals surface area contributed by atoms with E-state index in [0.29, 0.717) is 24.3 Å². The van der Waals surface area contributed by atoms with E-state index < -0.39 is 16.9 Å². The highest BCUT2D eigenvalue weighted by molar-refractivity contribution is 6.37. The molecule has 1 saturated heterocycles. The van der Waals surface area contributed by atoms with Gasteiger partial charge in [-0.15, -0.1) is 0 Å². The smallest absolute Gasteiger partial charge is 0.202 e. The van der Waals surface area contributed by atoms with Crippen molar-refractivity contribution in [2.45, 2.75) is 83.9 Å². The van der Waals surface area contributed by atoms with E-state index in [-0.39, 0.29) is 24.7 Å². The maximum atomic E-state index is 12.0. The highest BCUT2D eigenvalue weighted by Crippen LogP contribution is 2.40. The summed E-state index contributed by atoms with van der Waals surface area (Å²) in [6, 6.07) is 5.58. The van der Waals surface area contributed by atoms with Gasteiger partial charge in [-0.1, -0.05) is 37.3 Å². The van der Waals surface area contributed by atoms with Crippen LogP contribution in [0.25, 0.3) is 6.08 Å². The van der Waals surface area contributed by atoms with E-state index in [1.807, 2.05) is 65.0 Å². The Balaban J connectivity index is 2.09. The zero-order valence-electron chi connectivity index (χ0n) is 20.2. The normalized spacial score (nSPS) is 18.8. The van der Waals surface area contributed by atoms with E-state index in [4.69, 9.17) is 9.47 Å². The first-order valence-corrected chi connectivity index (χ1v) is 11.2. The van der Waals surface area contributed by atoms with E-state index in [1.54, 1.807) is 19.3 Å². The molecule has 1 fully saturated rings. The molecule has 6 heteroatoms. The number of allylic oxidation sites excluding steroid dienone is 3. The quantitative estimate of drug-likeness (QED) is 0.386. The third kappa shape index (κ3) is 6.78. The molecule has 1 aliphatic heterocycles. The molecule has 1 aromatic rings. The van der Waals surface area contributed by atoms with Crippen molar-refractivity contribution < 1.29 is 24.3 Å². The molecule has 6 nitrogen and oxygen atoms in total. The summed E-state index contributed by atoms with van der Waals surface area (Å²) < 4.78 is 11.8. The van der Waals surface area contributed by atoms with Gasteiger partial charge in [0.25, 0.3) is 0 Å². The minimum atomic E-state index is -0.420. The fourth-order valence-electron chi connectivity index (χ4n) is 4.22. The number of rotatable bonds is 10. The lowest BCUT2D eigenvalue weighted by molar-refractivity contribution is -0.254. The molecule has 0 unspecified atom stereocenters. The predicted octanol–water partition coefficient (Wildman–Crippen LogP) is 5.38. The van der Waals surface area contributed by atoms with Crippen molar-refractivity contribution in [3.63, 3.8) is 0 Å². The maximum Gasteiger partial charge on any atom is 0.202 e. The lowest BCUT2D eigenvalue weighted by Gasteiger charge is -2.51. The van der Waals surface area contributed by atoms with Gasteiger partial charge in [-0.3, -0.25) is 9.59 Å². The number of carbonyl (C=O) groups excluding carboxylic acids is 2. The number of methoxy groups -OCH3 is 1. The fraction of sp³-hybridized carbons (Fsp3) is 0.538. The highest BCUT2D eigenvalue weighted by Gasteiger charge is 2.46. The molecule has 0 saturated carbocycles. The van der Waals surface area contributed by atoms with Crippen molar-refractivity contribution in [2.75, 3.05) is 7.11 Å². The number of ketones is 2. The molecule has 176 valence electrons. The number of hydrogen-bond donors (Lipinski definition) is 1. The number of benzene rings is 1. The van der Waals surface area contributed by atoms with E-state index in [1.165, 1.54) is 5.06 Å². The molecule has 1 N–H and O–H groups in total. The summed E-state index contributed by atoms with van der Waals surface area (Å²) in [4.78, 5) is 23.9. The van der Waals surface area contributed by atoms with Gasteiger partial charge in [-0.25, -0.2) is 0 Å². The predicted molar refractivity (Wildman–Crippen MR) is 126 cm³/mol. The van der Waals surface area contributed by atoms with Gasteiger partial charge in [0, 0.05) is 36.8 Å². The Morgan fingerprint density at radius 3 is 2.19 bits per heavy atom. The standard InChI is InChI=1S/C26H37NO5/c1-7-8-9-12-21(28)22(29)13-10-11-19-14-15-23(31-6)24(16-19)32-20-17-25(2,3)27(30)26(4,5)18-20/h8-11,14-16,20,30H,7,12-13,17-18H2,1-6H3/b9-8-,11-10-. The molecule has 32 heavy (non-hydrogen) atoms. The fourth-order valence-corrected chi connectivity index (χ4v) is 4.22. The molecule has 0 atom stereocenters. The van der Waals surface area contributed by atoms with E-state index in [9.17, 15) is 14.8 Å². The van der Waals surface area contributed by atoms with E-state index >= 15 is 0 Å². The van der Waals surface area contributed by atoms with Crippen molar-refractivity contribution in [1.29, 1.82) is 0 Å². The number of Topliss-reactive ketones (excluding diaryl/α,β-unsaturated/α-hetero) is 2. The Labute approximate surface area is 191 Å². The summed E-state index contributed by atoms with van der Waals surface area (Å²) in [5.74, 6) is 0.466. The molecule has 0 spiro atoms. The van der Waals surface area contributed by atoms with Crippen LogP contribution in [0.2, 0.25) is 0 Å². The Kier molecular flexibility index (Phi) is 8.81. The Morgan fingerprint density at radius 2 is 1.62 bits per heavy atom. The minimum Gasteiger partial charge on any atom is -0.493 e. The SMILES string of the molecule is CC/C=C\CC(=O)C(=O)C/C=C\c1ccc(OC)c(OC2CC(C)(C)N(O)C(C)(C)C2)c1. The number of carbonyl (C=O) groups is 2. The van der Waals surface area contributed by atoms with Gasteiger partial charge in [0.05, 0.1) is 7.11 Å². The lowest BCUT2D eigenvalue weighted by atomic mass is 9.80. The van der Waals surface area contributed by atoms with Crippen molar-refractivity contribution in [1.82, 2.24) is 5.06 Å². The van der Waals surface area contributed by atoms with Crippen molar-refractivity contribution in [2.24, 2.45) is 0 Å². The lowest BCUT2D eigenvalue weighted by Crippen LogP contribution is -2.61. The van der Waals surface area contributed by atoms with Crippen LogP contribution in [0.4, 0.5) is 0 Å². The van der Waals surface area contributed by atoms with E-state index in [2.05, 4.69) is 0 Å². The zero-order chi connectivity index (χ0) is 23.9. The minimum absolute atomic E-state index is 0.0678. The molecule has 1 heterocycles. The molecule has 1 aromatic carbocycles. The molecule has 0 radical (unpaired) electrons. The molecule has 0 aromatic heterocycles. The first-order valence-electron chi connectivity index (χ1n) is 11.2. The topological polar surface area (TPSA) is 76.1 Å². The number of hydroxylamine groups is 2. The van der Waals surface area contributed by atoms with Crippen LogP contribution in [0, 0.1) is 0 Å². The van der Waals surface area contributed by atoms with Gasteiger partial charge < -0.3 is 14.7 Å². The number of piperidine rings is 1. The number of hydrogen-bond acceptors (Lipinski definition) is 6. The molecule has 0 bridgehead atoms. The summed E-state index contributed by atoms with van der Waals surface area (Å²) in [5, 5.41) is 11.9. The molecule has 0 aliphatic carbocycles. The Hall–Kier alpha value is -2.44. The summed E-state index contributed by atoms with van der Waals surface area (Å²) in [6.45, 7) is 9.97. The Morgan fingerprint density at radius 1 is 1.03 bits per heavy atom. The van der Waals surface area contributed by atoms with Crippen LogP contribution in [0.15, 0.2) is 36.4 Å². The van der Waals surface area contributed by atoms with Crippen molar-refractivity contribution in [3.8, 4) is 11.5 Å². The van der Waals surface area contributed by atoms with Crippen LogP contribution >= 0.6 is 0 Å². The summed E-state index contributed by atoms with van der Waals surface area (Å²) >= 11 is 0. The number of ether oxygens (including phenoxy) is 2. The molecular weight excluding hydrogens is 406 g/mol. The third-order valence-electron chi connectivity index (χ3n) is 5.71. The zero-order valence-corrected chi connectivity index (χ0v) is 20.2. The van der Waals surface area contributed by atoms with Gasteiger partial charge in [-0.05, 0) is 51.8 Å². The summed E-state index contributed by atoms with van der Waals surface area (Å²) in [7, 11) is 1.60. The van der Waals surface area contributed by atoms with Crippen molar-refractivity contribution >= 4 is 17.6 Å². The van der Waals surface area contributed by atoms with Gasteiger partial charge >= 0.3 is 0 Å². The molecule has 2 rings (SSSR count). The molecule has 1 aliphatic rings. The maximum absolute atomic E-state index is 12.0. The molecule has 0 amide bonds. The average Bonchev–Trinajstić information content (AvgIpc) is 2.71.